The fourth-order valence-electron chi connectivity index (χ4n) is 2.65. The summed E-state index contributed by atoms with van der Waals surface area (Å²) in [6.45, 7) is 3.60. The molecule has 19 heavy (non-hydrogen) atoms. The van der Waals surface area contributed by atoms with Crippen LogP contribution in [-0.2, 0) is 9.59 Å². The van der Waals surface area contributed by atoms with Crippen molar-refractivity contribution in [3.05, 3.63) is 0 Å². The number of nitrogens with zero attached hydrogens (tertiary/aromatic N) is 2. The molecule has 2 rings (SSSR count). The predicted octanol–water partition coefficient (Wildman–Crippen LogP) is 0.454. The minimum absolute atomic E-state index is 0.0172. The lowest BCUT2D eigenvalue weighted by Gasteiger charge is -2.27. The van der Waals surface area contributed by atoms with Crippen molar-refractivity contribution < 1.29 is 9.59 Å². The Kier molecular flexibility index (Phi) is 4.45. The van der Waals surface area contributed by atoms with Gasteiger partial charge in [0.2, 0.25) is 11.8 Å². The highest BCUT2D eigenvalue weighted by molar-refractivity contribution is 5.83. The third-order valence-corrected chi connectivity index (χ3v) is 4.36. The van der Waals surface area contributed by atoms with Crippen LogP contribution >= 0.6 is 0 Å². The fourth-order valence-corrected chi connectivity index (χ4v) is 2.65. The van der Waals surface area contributed by atoms with Gasteiger partial charge in [0.05, 0.1) is 5.92 Å². The summed E-state index contributed by atoms with van der Waals surface area (Å²) >= 11 is 0. The van der Waals surface area contributed by atoms with Crippen molar-refractivity contribution in [3.63, 3.8) is 0 Å². The molecule has 2 atom stereocenters. The van der Waals surface area contributed by atoms with Crippen LogP contribution in [0.2, 0.25) is 0 Å². The van der Waals surface area contributed by atoms with Crippen molar-refractivity contribution in [1.29, 1.82) is 0 Å². The predicted molar refractivity (Wildman–Crippen MR) is 73.6 cm³/mol. The Morgan fingerprint density at radius 1 is 1.32 bits per heavy atom. The molecule has 1 N–H and O–H groups in total. The average molecular weight is 267 g/mol. The fraction of sp³-hybridized carbons (Fsp3) is 0.857. The van der Waals surface area contributed by atoms with Gasteiger partial charge in [0, 0.05) is 38.6 Å². The van der Waals surface area contributed by atoms with Crippen LogP contribution in [0.5, 0.6) is 0 Å². The first-order valence-corrected chi connectivity index (χ1v) is 7.23. The molecule has 0 radical (unpaired) electrons. The van der Waals surface area contributed by atoms with Crippen LogP contribution in [0.25, 0.3) is 0 Å². The maximum Gasteiger partial charge on any atom is 0.227 e. The summed E-state index contributed by atoms with van der Waals surface area (Å²) in [5.41, 5.74) is 0. The molecule has 0 unspecified atom stereocenters. The van der Waals surface area contributed by atoms with Crippen LogP contribution < -0.4 is 5.32 Å². The van der Waals surface area contributed by atoms with Crippen molar-refractivity contribution in [2.75, 3.05) is 27.2 Å². The number of carbonyl (C=O) groups excluding carboxylic acids is 2. The summed E-state index contributed by atoms with van der Waals surface area (Å²) in [6.07, 6.45) is 3.91. The van der Waals surface area contributed by atoms with Crippen LogP contribution in [0.15, 0.2) is 0 Å². The van der Waals surface area contributed by atoms with Crippen LogP contribution in [0.3, 0.4) is 0 Å². The highest BCUT2D eigenvalue weighted by Gasteiger charge is 2.32. The zero-order chi connectivity index (χ0) is 14.0. The van der Waals surface area contributed by atoms with Gasteiger partial charge in [0.25, 0.3) is 0 Å². The largest absolute Gasteiger partial charge is 0.353 e. The lowest BCUT2D eigenvalue weighted by atomic mass is 9.99. The van der Waals surface area contributed by atoms with E-state index in [-0.39, 0.29) is 23.8 Å². The quantitative estimate of drug-likeness (QED) is 0.760. The molecule has 2 aliphatic rings. The molecule has 5 nitrogen and oxygen atoms in total. The Hall–Kier alpha value is -1.10. The topological polar surface area (TPSA) is 52.7 Å². The first kappa shape index (κ1) is 14.3. The van der Waals surface area contributed by atoms with Crippen molar-refractivity contribution >= 4 is 11.8 Å². The second kappa shape index (κ2) is 5.90. The molecule has 0 aromatic carbocycles. The van der Waals surface area contributed by atoms with Gasteiger partial charge in [-0.2, -0.15) is 0 Å². The first-order chi connectivity index (χ1) is 8.99. The molecule has 0 bridgehead atoms. The second-order valence-electron chi connectivity index (χ2n) is 5.97. The normalized spacial score (nSPS) is 24.4. The summed E-state index contributed by atoms with van der Waals surface area (Å²) in [5.74, 6) is 0.0832. The van der Waals surface area contributed by atoms with Gasteiger partial charge < -0.3 is 15.1 Å². The van der Waals surface area contributed by atoms with E-state index in [9.17, 15) is 9.59 Å². The van der Waals surface area contributed by atoms with Gasteiger partial charge in [0.1, 0.15) is 0 Å². The third kappa shape index (κ3) is 3.69. The number of carbonyl (C=O) groups is 2. The van der Waals surface area contributed by atoms with E-state index >= 15 is 0 Å². The standard InChI is InChI=1S/C14H25N3O2/c1-10(12-6-7-13(18)15-12)14(19)17(3)9-8-16(2)11-4-5-11/h10-12H,4-9H2,1-3H3,(H,15,18)/t10-,12+/m0/s1. The van der Waals surface area contributed by atoms with Gasteiger partial charge in [-0.05, 0) is 26.3 Å². The zero-order valence-corrected chi connectivity index (χ0v) is 12.2. The van der Waals surface area contributed by atoms with Crippen LogP contribution in [0.1, 0.15) is 32.6 Å². The molecule has 108 valence electrons. The number of rotatable bonds is 6. The Morgan fingerprint density at radius 2 is 2.00 bits per heavy atom. The van der Waals surface area contributed by atoms with Gasteiger partial charge >= 0.3 is 0 Å². The maximum absolute atomic E-state index is 12.3. The third-order valence-electron chi connectivity index (χ3n) is 4.36. The van der Waals surface area contributed by atoms with E-state index in [4.69, 9.17) is 0 Å². The molecule has 1 aliphatic carbocycles. The molecule has 0 aromatic heterocycles. The molecule has 1 saturated carbocycles. The number of nitrogens with one attached hydrogen (secondary N) is 1. The summed E-state index contributed by atoms with van der Waals surface area (Å²) in [6, 6.07) is 0.749. The van der Waals surface area contributed by atoms with Gasteiger partial charge in [-0.3, -0.25) is 9.59 Å². The second-order valence-corrected chi connectivity index (χ2v) is 5.97. The van der Waals surface area contributed by atoms with Crippen molar-refractivity contribution in [2.45, 2.75) is 44.7 Å². The zero-order valence-electron chi connectivity index (χ0n) is 12.2. The molecular formula is C14H25N3O2. The molecule has 1 saturated heterocycles. The van der Waals surface area contributed by atoms with Crippen LogP contribution in [-0.4, -0.2) is 60.9 Å². The summed E-state index contributed by atoms with van der Waals surface area (Å²) in [7, 11) is 3.98. The van der Waals surface area contributed by atoms with E-state index in [2.05, 4.69) is 17.3 Å². The van der Waals surface area contributed by atoms with Crippen LogP contribution in [0.4, 0.5) is 0 Å². The van der Waals surface area contributed by atoms with Gasteiger partial charge in [-0.1, -0.05) is 6.92 Å². The molecular weight excluding hydrogens is 242 g/mol. The monoisotopic (exact) mass is 267 g/mol. The van der Waals surface area contributed by atoms with Crippen molar-refractivity contribution in [1.82, 2.24) is 15.1 Å². The molecule has 0 aromatic rings. The van der Waals surface area contributed by atoms with Gasteiger partial charge in [-0.25, -0.2) is 0 Å². The minimum Gasteiger partial charge on any atom is -0.353 e. The summed E-state index contributed by atoms with van der Waals surface area (Å²) in [5, 5.41) is 2.89. The molecule has 1 heterocycles. The van der Waals surface area contributed by atoms with E-state index in [0.29, 0.717) is 6.42 Å². The number of likely N-dealkylation sites (N-methyl/N-ethyl adjacent to an activating group) is 2. The van der Waals surface area contributed by atoms with E-state index in [1.54, 1.807) is 4.90 Å². The van der Waals surface area contributed by atoms with Gasteiger partial charge in [0.15, 0.2) is 0 Å². The Bertz CT molecular complexity index is 355. The molecule has 2 amide bonds. The highest BCUT2D eigenvalue weighted by Crippen LogP contribution is 2.25. The van der Waals surface area contributed by atoms with E-state index in [1.807, 2.05) is 14.0 Å². The lowest BCUT2D eigenvalue weighted by Crippen LogP contribution is -2.44. The number of amides is 2. The Balaban J connectivity index is 1.75. The van der Waals surface area contributed by atoms with E-state index in [1.165, 1.54) is 12.8 Å². The first-order valence-electron chi connectivity index (χ1n) is 7.23. The van der Waals surface area contributed by atoms with Crippen molar-refractivity contribution in [2.24, 2.45) is 5.92 Å². The number of hydrogen-bond acceptors (Lipinski definition) is 3. The Labute approximate surface area is 115 Å². The summed E-state index contributed by atoms with van der Waals surface area (Å²) < 4.78 is 0. The SMILES string of the molecule is C[C@H](C(=O)N(C)CCN(C)C1CC1)[C@H]1CCC(=O)N1. The van der Waals surface area contributed by atoms with E-state index < -0.39 is 0 Å². The molecule has 2 fully saturated rings. The van der Waals surface area contributed by atoms with E-state index in [0.717, 1.165) is 25.6 Å². The lowest BCUT2D eigenvalue weighted by molar-refractivity contribution is -0.134. The number of hydrogen-bond donors (Lipinski definition) is 1. The molecule has 1 aliphatic heterocycles. The minimum atomic E-state index is -0.123. The highest BCUT2D eigenvalue weighted by atomic mass is 16.2. The van der Waals surface area contributed by atoms with Crippen LogP contribution in [0, 0.1) is 5.92 Å². The molecule has 0 spiro atoms. The Morgan fingerprint density at radius 3 is 2.53 bits per heavy atom. The summed E-state index contributed by atoms with van der Waals surface area (Å²) in [4.78, 5) is 27.6. The molecule has 5 heteroatoms. The average Bonchev–Trinajstić information content (AvgIpc) is 3.16. The van der Waals surface area contributed by atoms with Crippen molar-refractivity contribution in [3.8, 4) is 0 Å². The maximum atomic E-state index is 12.3. The smallest absolute Gasteiger partial charge is 0.227 e. The van der Waals surface area contributed by atoms with Gasteiger partial charge in [-0.15, -0.1) is 0 Å².